The van der Waals surface area contributed by atoms with Gasteiger partial charge in [-0.1, -0.05) is 0 Å². The molecular weight excluding hydrogens is 417 g/mol. The molecule has 0 saturated carbocycles. The van der Waals surface area contributed by atoms with Crippen LogP contribution in [0.5, 0.6) is 0 Å². The third kappa shape index (κ3) is 4.28. The number of hydrogen-bond acceptors (Lipinski definition) is 4. The summed E-state index contributed by atoms with van der Waals surface area (Å²) in [7, 11) is 0. The van der Waals surface area contributed by atoms with E-state index in [1.165, 1.54) is 6.07 Å². The van der Waals surface area contributed by atoms with Crippen LogP contribution in [0.4, 0.5) is 18.9 Å². The summed E-state index contributed by atoms with van der Waals surface area (Å²) < 4.78 is 40.4. The average molecular weight is 434 g/mol. The number of aryl methyl sites for hydroxylation is 1. The first-order valence-electron chi connectivity index (χ1n) is 9.09. The van der Waals surface area contributed by atoms with Crippen molar-refractivity contribution in [3.8, 4) is 0 Å². The molecule has 0 aliphatic carbocycles. The molecule has 2 aromatic heterocycles. The third-order valence-electron chi connectivity index (χ3n) is 4.63. The molecule has 0 radical (unpaired) electrons. The van der Waals surface area contributed by atoms with Gasteiger partial charge in [0.25, 0.3) is 0 Å². The fourth-order valence-electron chi connectivity index (χ4n) is 3.11. The molecule has 156 valence electrons. The smallest absolute Gasteiger partial charge is 0.350 e. The molecule has 10 heteroatoms. The molecular formula is C20H17F3N4O2S. The fourth-order valence-corrected chi connectivity index (χ4v) is 4.20. The first-order valence-corrected chi connectivity index (χ1v) is 9.97. The van der Waals surface area contributed by atoms with Gasteiger partial charge in [-0.15, -0.1) is 11.8 Å². The quantitative estimate of drug-likeness (QED) is 0.655. The van der Waals surface area contributed by atoms with Gasteiger partial charge in [0.1, 0.15) is 5.65 Å². The van der Waals surface area contributed by atoms with E-state index in [4.69, 9.17) is 0 Å². The van der Waals surface area contributed by atoms with Crippen molar-refractivity contribution in [3.05, 3.63) is 59.5 Å². The topological polar surface area (TPSA) is 75.5 Å². The van der Waals surface area contributed by atoms with Crippen LogP contribution in [0.2, 0.25) is 0 Å². The Morgan fingerprint density at radius 3 is 2.87 bits per heavy atom. The summed E-state index contributed by atoms with van der Waals surface area (Å²) >= 11 is 1.08. The predicted molar refractivity (Wildman–Crippen MR) is 106 cm³/mol. The van der Waals surface area contributed by atoms with Gasteiger partial charge < -0.3 is 15.0 Å². The van der Waals surface area contributed by atoms with E-state index in [-0.39, 0.29) is 24.6 Å². The minimum atomic E-state index is -4.49. The molecule has 6 nitrogen and oxygen atoms in total. The number of fused-ring (bicyclic) bond motifs is 2. The Morgan fingerprint density at radius 2 is 2.10 bits per heavy atom. The van der Waals surface area contributed by atoms with Crippen molar-refractivity contribution in [2.45, 2.75) is 36.2 Å². The Kier molecular flexibility index (Phi) is 5.19. The summed E-state index contributed by atoms with van der Waals surface area (Å²) in [6, 6.07) is 7.06. The standard InChI is InChI=1S/C20H17F3N4O2S/c1-11-4-5-27-10-13(25-17(27)6-11)9-24-18(28)8-16-19(29)26-14-7-12(20(21,22)23)2-3-15(14)30-16/h2-7,10,16H,8-9H2,1H3,(H,24,28)(H,26,29)/t16-/m1/s1. The highest BCUT2D eigenvalue weighted by Crippen LogP contribution is 2.40. The number of alkyl halides is 3. The molecule has 0 fully saturated rings. The summed E-state index contributed by atoms with van der Waals surface area (Å²) in [4.78, 5) is 29.5. The number of carbonyl (C=O) groups is 2. The summed E-state index contributed by atoms with van der Waals surface area (Å²) in [5.74, 6) is -0.837. The zero-order chi connectivity index (χ0) is 21.5. The van der Waals surface area contributed by atoms with E-state index >= 15 is 0 Å². The van der Waals surface area contributed by atoms with Crippen molar-refractivity contribution in [3.63, 3.8) is 0 Å². The van der Waals surface area contributed by atoms with Crippen molar-refractivity contribution >= 4 is 34.9 Å². The Balaban J connectivity index is 1.38. The van der Waals surface area contributed by atoms with Gasteiger partial charge in [0, 0.05) is 23.7 Å². The van der Waals surface area contributed by atoms with Crippen molar-refractivity contribution in [2.24, 2.45) is 0 Å². The second kappa shape index (κ2) is 7.67. The monoisotopic (exact) mass is 434 g/mol. The number of nitrogens with one attached hydrogen (secondary N) is 2. The zero-order valence-electron chi connectivity index (χ0n) is 15.8. The molecule has 3 heterocycles. The van der Waals surface area contributed by atoms with Crippen LogP contribution in [0.3, 0.4) is 0 Å². The molecule has 4 rings (SSSR count). The number of halogens is 3. The maximum Gasteiger partial charge on any atom is 0.416 e. The van der Waals surface area contributed by atoms with Crippen LogP contribution >= 0.6 is 11.8 Å². The fraction of sp³-hybridized carbons (Fsp3) is 0.250. The van der Waals surface area contributed by atoms with Crippen LogP contribution in [-0.2, 0) is 22.3 Å². The lowest BCUT2D eigenvalue weighted by molar-refractivity contribution is -0.137. The number of anilines is 1. The molecule has 0 bridgehead atoms. The Hall–Kier alpha value is -3.01. The third-order valence-corrected chi connectivity index (χ3v) is 5.90. The van der Waals surface area contributed by atoms with Crippen molar-refractivity contribution in [1.82, 2.24) is 14.7 Å². The first-order chi connectivity index (χ1) is 14.2. The maximum atomic E-state index is 12.8. The largest absolute Gasteiger partial charge is 0.416 e. The Bertz CT molecular complexity index is 1140. The lowest BCUT2D eigenvalue weighted by Gasteiger charge is -2.24. The highest BCUT2D eigenvalue weighted by atomic mass is 32.2. The molecule has 30 heavy (non-hydrogen) atoms. The van der Waals surface area contributed by atoms with Crippen LogP contribution in [0, 0.1) is 6.92 Å². The van der Waals surface area contributed by atoms with Gasteiger partial charge in [0.15, 0.2) is 0 Å². The number of carbonyl (C=O) groups excluding carboxylic acids is 2. The van der Waals surface area contributed by atoms with Crippen LogP contribution in [0.25, 0.3) is 5.65 Å². The Morgan fingerprint density at radius 1 is 1.30 bits per heavy atom. The molecule has 1 atom stereocenters. The van der Waals surface area contributed by atoms with E-state index in [1.54, 1.807) is 0 Å². The second-order valence-electron chi connectivity index (χ2n) is 6.99. The number of pyridine rings is 1. The molecule has 1 aliphatic heterocycles. The number of benzene rings is 1. The van der Waals surface area contributed by atoms with E-state index in [0.29, 0.717) is 10.6 Å². The minimum absolute atomic E-state index is 0.0938. The van der Waals surface area contributed by atoms with Crippen LogP contribution in [-0.4, -0.2) is 26.4 Å². The number of aromatic nitrogens is 2. The van der Waals surface area contributed by atoms with Gasteiger partial charge >= 0.3 is 6.18 Å². The lowest BCUT2D eigenvalue weighted by atomic mass is 10.1. The lowest BCUT2D eigenvalue weighted by Crippen LogP contribution is -2.34. The first kappa shape index (κ1) is 20.3. The van der Waals surface area contributed by atoms with Gasteiger partial charge in [-0.2, -0.15) is 13.2 Å². The van der Waals surface area contributed by atoms with Crippen LogP contribution < -0.4 is 10.6 Å². The highest BCUT2D eigenvalue weighted by molar-refractivity contribution is 8.01. The van der Waals surface area contributed by atoms with Crippen LogP contribution in [0.1, 0.15) is 23.2 Å². The number of amides is 2. The number of thioether (sulfide) groups is 1. The van der Waals surface area contributed by atoms with Gasteiger partial charge in [-0.05, 0) is 42.8 Å². The molecule has 0 saturated heterocycles. The molecule has 0 unspecified atom stereocenters. The van der Waals surface area contributed by atoms with E-state index in [1.807, 2.05) is 35.9 Å². The van der Waals surface area contributed by atoms with Crippen molar-refractivity contribution in [2.75, 3.05) is 5.32 Å². The summed E-state index contributed by atoms with van der Waals surface area (Å²) in [6.07, 6.45) is -0.888. The number of hydrogen-bond donors (Lipinski definition) is 2. The molecule has 1 aromatic carbocycles. The average Bonchev–Trinajstić information content (AvgIpc) is 3.08. The van der Waals surface area contributed by atoms with E-state index in [2.05, 4.69) is 15.6 Å². The van der Waals surface area contributed by atoms with Gasteiger partial charge in [-0.25, -0.2) is 4.98 Å². The predicted octanol–water partition coefficient (Wildman–Crippen LogP) is 3.78. The normalized spacial score (nSPS) is 16.3. The molecule has 3 aromatic rings. The minimum Gasteiger partial charge on any atom is -0.350 e. The van der Waals surface area contributed by atoms with Gasteiger partial charge in [0.2, 0.25) is 11.8 Å². The highest BCUT2D eigenvalue weighted by Gasteiger charge is 2.34. The maximum absolute atomic E-state index is 12.8. The Labute approximate surface area is 173 Å². The van der Waals surface area contributed by atoms with Gasteiger partial charge in [-0.3, -0.25) is 9.59 Å². The van der Waals surface area contributed by atoms with Gasteiger partial charge in [0.05, 0.1) is 28.7 Å². The van der Waals surface area contributed by atoms with E-state index < -0.39 is 22.9 Å². The summed E-state index contributed by atoms with van der Waals surface area (Å²) in [5.41, 5.74) is 1.81. The van der Waals surface area contributed by atoms with Crippen molar-refractivity contribution < 1.29 is 22.8 Å². The summed E-state index contributed by atoms with van der Waals surface area (Å²) in [6.45, 7) is 2.18. The van der Waals surface area contributed by atoms with Crippen molar-refractivity contribution in [1.29, 1.82) is 0 Å². The second-order valence-corrected chi connectivity index (χ2v) is 8.23. The number of nitrogens with zero attached hydrogens (tertiary/aromatic N) is 2. The SMILES string of the molecule is Cc1ccn2cc(CNC(=O)C[C@H]3Sc4ccc(C(F)(F)F)cc4NC3=O)nc2c1. The molecule has 1 aliphatic rings. The van der Waals surface area contributed by atoms with E-state index in [9.17, 15) is 22.8 Å². The number of imidazole rings is 1. The molecule has 2 N–H and O–H groups in total. The summed E-state index contributed by atoms with van der Waals surface area (Å²) in [5, 5.41) is 4.48. The van der Waals surface area contributed by atoms with Crippen LogP contribution in [0.15, 0.2) is 47.6 Å². The zero-order valence-corrected chi connectivity index (χ0v) is 16.6. The molecule has 2 amide bonds. The van der Waals surface area contributed by atoms with E-state index in [0.717, 1.165) is 35.1 Å². The number of rotatable bonds is 4. The molecule has 0 spiro atoms.